The van der Waals surface area contributed by atoms with Gasteiger partial charge in [0.05, 0.1) is 18.1 Å². The molecule has 2 aromatic carbocycles. The molecule has 0 unspecified atom stereocenters. The van der Waals surface area contributed by atoms with Gasteiger partial charge in [-0.05, 0) is 36.3 Å². The lowest BCUT2D eigenvalue weighted by atomic mass is 10.1. The Kier molecular flexibility index (Phi) is 3.56. The summed E-state index contributed by atoms with van der Waals surface area (Å²) in [6.45, 7) is 0.857. The predicted molar refractivity (Wildman–Crippen MR) is 83.8 cm³/mol. The van der Waals surface area contributed by atoms with Crippen molar-refractivity contribution in [2.75, 3.05) is 7.11 Å². The van der Waals surface area contributed by atoms with Gasteiger partial charge in [-0.3, -0.25) is 0 Å². The van der Waals surface area contributed by atoms with Gasteiger partial charge in [0.15, 0.2) is 4.77 Å². The molecule has 0 spiro atoms. The highest BCUT2D eigenvalue weighted by Gasteiger charge is 2.06. The number of aromatic nitrogens is 2. The normalized spacial score (nSPS) is 10.8. The Labute approximate surface area is 122 Å². The van der Waals surface area contributed by atoms with Gasteiger partial charge in [-0.15, -0.1) is 0 Å². The molecule has 0 saturated carbocycles. The molecular weight excluding hydrogens is 268 g/mol. The van der Waals surface area contributed by atoms with Crippen LogP contribution in [0, 0.1) is 4.77 Å². The molecule has 102 valence electrons. The van der Waals surface area contributed by atoms with Gasteiger partial charge in [0.1, 0.15) is 5.75 Å². The number of imidazole rings is 1. The average Bonchev–Trinajstić information content (AvgIpc) is 2.80. The van der Waals surface area contributed by atoms with Gasteiger partial charge in [0, 0.05) is 12.6 Å². The largest absolute Gasteiger partial charge is 0.497 e. The van der Waals surface area contributed by atoms with Crippen LogP contribution >= 0.6 is 12.2 Å². The van der Waals surface area contributed by atoms with E-state index in [1.54, 1.807) is 7.11 Å². The van der Waals surface area contributed by atoms with E-state index in [1.807, 2.05) is 24.3 Å². The quantitative estimate of drug-likeness (QED) is 0.735. The van der Waals surface area contributed by atoms with E-state index in [0.29, 0.717) is 0 Å². The Balaban J connectivity index is 1.94. The van der Waals surface area contributed by atoms with Crippen molar-refractivity contribution in [1.29, 1.82) is 0 Å². The van der Waals surface area contributed by atoms with E-state index in [9.17, 15) is 0 Å². The van der Waals surface area contributed by atoms with E-state index < -0.39 is 0 Å². The SMILES string of the molecule is COc1ccc2[nH]c(=S)n(CCc3ccccc3)c2c1. The zero-order valence-electron chi connectivity index (χ0n) is 11.3. The summed E-state index contributed by atoms with van der Waals surface area (Å²) < 4.78 is 8.17. The maximum Gasteiger partial charge on any atom is 0.178 e. The number of benzene rings is 2. The summed E-state index contributed by atoms with van der Waals surface area (Å²) in [6.07, 6.45) is 0.958. The lowest BCUT2D eigenvalue weighted by Crippen LogP contribution is -2.01. The summed E-state index contributed by atoms with van der Waals surface area (Å²) in [4.78, 5) is 3.24. The molecule has 3 rings (SSSR count). The second-order valence-electron chi connectivity index (χ2n) is 4.70. The first-order valence-electron chi connectivity index (χ1n) is 6.58. The maximum atomic E-state index is 5.41. The first kappa shape index (κ1) is 12.9. The van der Waals surface area contributed by atoms with Crippen LogP contribution < -0.4 is 4.74 Å². The van der Waals surface area contributed by atoms with Crippen molar-refractivity contribution in [3.63, 3.8) is 0 Å². The minimum absolute atomic E-state index is 0.754. The molecule has 0 aliphatic rings. The summed E-state index contributed by atoms with van der Waals surface area (Å²) in [5.74, 6) is 0.847. The number of nitrogens with one attached hydrogen (secondary N) is 1. The van der Waals surface area contributed by atoms with E-state index in [2.05, 4.69) is 33.8 Å². The second kappa shape index (κ2) is 5.51. The van der Waals surface area contributed by atoms with Crippen LogP contribution in [0.15, 0.2) is 48.5 Å². The fourth-order valence-corrected chi connectivity index (χ4v) is 2.67. The number of aromatic amines is 1. The second-order valence-corrected chi connectivity index (χ2v) is 5.09. The van der Waals surface area contributed by atoms with E-state index >= 15 is 0 Å². The number of hydrogen-bond acceptors (Lipinski definition) is 2. The molecule has 0 aliphatic heterocycles. The first-order valence-corrected chi connectivity index (χ1v) is 6.99. The van der Waals surface area contributed by atoms with Gasteiger partial charge in [-0.25, -0.2) is 0 Å². The van der Waals surface area contributed by atoms with Gasteiger partial charge in [-0.2, -0.15) is 0 Å². The number of methoxy groups -OCH3 is 1. The molecule has 1 heterocycles. The number of nitrogens with zero attached hydrogens (tertiary/aromatic N) is 1. The summed E-state index contributed by atoms with van der Waals surface area (Å²) in [5.41, 5.74) is 3.45. The third-order valence-corrected chi connectivity index (χ3v) is 3.77. The summed E-state index contributed by atoms with van der Waals surface area (Å²) in [6, 6.07) is 16.4. The van der Waals surface area contributed by atoms with Crippen LogP contribution in [0.2, 0.25) is 0 Å². The highest BCUT2D eigenvalue weighted by Crippen LogP contribution is 2.21. The van der Waals surface area contributed by atoms with Crippen molar-refractivity contribution in [2.45, 2.75) is 13.0 Å². The summed E-state index contributed by atoms with van der Waals surface area (Å²) >= 11 is 5.41. The van der Waals surface area contributed by atoms with Crippen molar-refractivity contribution in [2.24, 2.45) is 0 Å². The number of fused-ring (bicyclic) bond motifs is 1. The van der Waals surface area contributed by atoms with Gasteiger partial charge >= 0.3 is 0 Å². The Bertz CT molecular complexity index is 774. The van der Waals surface area contributed by atoms with Gasteiger partial charge in [-0.1, -0.05) is 30.3 Å². The molecule has 0 bridgehead atoms. The van der Waals surface area contributed by atoms with Crippen LogP contribution in [0.3, 0.4) is 0 Å². The lowest BCUT2D eigenvalue weighted by molar-refractivity contribution is 0.415. The molecule has 1 N–H and O–H groups in total. The zero-order chi connectivity index (χ0) is 13.9. The fraction of sp³-hybridized carbons (Fsp3) is 0.188. The third kappa shape index (κ3) is 2.47. The minimum atomic E-state index is 0.754. The highest BCUT2D eigenvalue weighted by molar-refractivity contribution is 7.71. The monoisotopic (exact) mass is 284 g/mol. The van der Waals surface area contributed by atoms with Crippen LogP contribution in [-0.4, -0.2) is 16.7 Å². The Morgan fingerprint density at radius 3 is 2.70 bits per heavy atom. The number of hydrogen-bond donors (Lipinski definition) is 1. The van der Waals surface area contributed by atoms with Crippen LogP contribution in [0.5, 0.6) is 5.75 Å². The summed E-state index contributed by atoms with van der Waals surface area (Å²) in [7, 11) is 1.68. The average molecular weight is 284 g/mol. The molecule has 3 aromatic rings. The number of ether oxygens (including phenoxy) is 1. The van der Waals surface area contributed by atoms with Crippen LogP contribution in [0.4, 0.5) is 0 Å². The molecule has 0 amide bonds. The van der Waals surface area contributed by atoms with Crippen molar-refractivity contribution in [3.8, 4) is 5.75 Å². The Morgan fingerprint density at radius 1 is 1.15 bits per heavy atom. The van der Waals surface area contributed by atoms with E-state index in [1.165, 1.54) is 5.56 Å². The maximum absolute atomic E-state index is 5.41. The third-order valence-electron chi connectivity index (χ3n) is 3.45. The molecule has 3 nitrogen and oxygen atoms in total. The molecule has 0 aliphatic carbocycles. The molecule has 0 fully saturated rings. The Morgan fingerprint density at radius 2 is 1.95 bits per heavy atom. The Hall–Kier alpha value is -2.07. The first-order chi connectivity index (χ1) is 9.78. The van der Waals surface area contributed by atoms with Crippen molar-refractivity contribution >= 4 is 23.3 Å². The molecule has 20 heavy (non-hydrogen) atoms. The smallest absolute Gasteiger partial charge is 0.178 e. The topological polar surface area (TPSA) is 29.9 Å². The molecule has 1 aromatic heterocycles. The zero-order valence-corrected chi connectivity index (χ0v) is 12.1. The van der Waals surface area contributed by atoms with Crippen molar-refractivity contribution in [1.82, 2.24) is 9.55 Å². The van der Waals surface area contributed by atoms with Gasteiger partial charge < -0.3 is 14.3 Å². The molecule has 4 heteroatoms. The van der Waals surface area contributed by atoms with E-state index in [4.69, 9.17) is 17.0 Å². The standard InChI is InChI=1S/C16H16N2OS/c1-19-13-7-8-14-15(11-13)18(16(20)17-14)10-9-12-5-3-2-4-6-12/h2-8,11H,9-10H2,1H3,(H,17,20). The molecular formula is C16H16N2OS. The number of H-pyrrole nitrogens is 1. The number of rotatable bonds is 4. The summed E-state index contributed by atoms with van der Waals surface area (Å²) in [5, 5.41) is 0. The van der Waals surface area contributed by atoms with Crippen molar-refractivity contribution < 1.29 is 4.74 Å². The molecule has 0 atom stereocenters. The highest BCUT2D eigenvalue weighted by atomic mass is 32.1. The van der Waals surface area contributed by atoms with Gasteiger partial charge in [0.25, 0.3) is 0 Å². The van der Waals surface area contributed by atoms with Crippen LogP contribution in [0.1, 0.15) is 5.56 Å². The van der Waals surface area contributed by atoms with E-state index in [-0.39, 0.29) is 0 Å². The fourth-order valence-electron chi connectivity index (χ4n) is 2.37. The van der Waals surface area contributed by atoms with Gasteiger partial charge in [0.2, 0.25) is 0 Å². The van der Waals surface area contributed by atoms with Crippen LogP contribution in [0.25, 0.3) is 11.0 Å². The van der Waals surface area contributed by atoms with Crippen molar-refractivity contribution in [3.05, 3.63) is 58.9 Å². The lowest BCUT2D eigenvalue weighted by Gasteiger charge is -2.06. The molecule has 0 radical (unpaired) electrons. The number of aryl methyl sites for hydroxylation is 2. The predicted octanol–water partition coefficient (Wildman–Crippen LogP) is 3.95. The van der Waals surface area contributed by atoms with Crippen LogP contribution in [-0.2, 0) is 13.0 Å². The van der Waals surface area contributed by atoms with E-state index in [0.717, 1.165) is 34.5 Å². The minimum Gasteiger partial charge on any atom is -0.497 e. The molecule has 0 saturated heterocycles.